The molecule has 9 nitrogen and oxygen atoms in total. The maximum Gasteiger partial charge on any atom is 0.304 e. The van der Waals surface area contributed by atoms with E-state index >= 15 is 0 Å². The summed E-state index contributed by atoms with van der Waals surface area (Å²) in [5, 5.41) is 30.5. The molecule has 0 radical (unpaired) electrons. The van der Waals surface area contributed by atoms with Crippen LogP contribution in [0.1, 0.15) is 167 Å². The number of aliphatic hydroxyl groups excluding tert-OH is 1. The molecule has 49 heavy (non-hydrogen) atoms. The minimum atomic E-state index is -0.715. The maximum atomic E-state index is 10.5. The molecule has 0 aromatic rings. The van der Waals surface area contributed by atoms with Crippen LogP contribution < -0.4 is 32.1 Å². The van der Waals surface area contributed by atoms with Gasteiger partial charge in [-0.15, -0.1) is 0 Å². The van der Waals surface area contributed by atoms with Crippen molar-refractivity contribution in [3.63, 3.8) is 0 Å². The number of hydrogen-bond acceptors (Lipinski definition) is 8. The van der Waals surface area contributed by atoms with Gasteiger partial charge in [0.1, 0.15) is 0 Å². The molecular formula is C40H84N6O3. The third kappa shape index (κ3) is 46.9. The number of carboxylic acids is 1. The van der Waals surface area contributed by atoms with Crippen molar-refractivity contribution in [2.24, 2.45) is 0 Å². The van der Waals surface area contributed by atoms with Gasteiger partial charge in [0.25, 0.3) is 0 Å². The second-order valence-corrected chi connectivity index (χ2v) is 13.9. The Bertz CT molecular complexity index is 656. The zero-order chi connectivity index (χ0) is 35.4. The first kappa shape index (κ1) is 47.9. The van der Waals surface area contributed by atoms with Crippen LogP contribution in [0, 0.1) is 0 Å². The molecule has 292 valence electrons. The Labute approximate surface area is 303 Å². The van der Waals surface area contributed by atoms with Gasteiger partial charge in [0.15, 0.2) is 0 Å². The number of carbonyl (C=O) groups is 1. The zero-order valence-corrected chi connectivity index (χ0v) is 32.1. The number of nitrogens with one attached hydrogen (secondary N) is 6. The molecule has 0 aliphatic carbocycles. The summed E-state index contributed by atoms with van der Waals surface area (Å²) in [6.45, 7) is 8.95. The summed E-state index contributed by atoms with van der Waals surface area (Å²) < 4.78 is 0. The molecule has 8 N–H and O–H groups in total. The molecule has 0 bridgehead atoms. The van der Waals surface area contributed by atoms with Gasteiger partial charge in [-0.3, -0.25) is 15.6 Å². The van der Waals surface area contributed by atoms with E-state index < -0.39 is 5.97 Å². The highest BCUT2D eigenvalue weighted by Gasteiger charge is 1.98. The zero-order valence-electron chi connectivity index (χ0n) is 32.1. The Kier molecular flexibility index (Phi) is 44.0. The fourth-order valence-electron chi connectivity index (χ4n) is 6.11. The average Bonchev–Trinajstić information content (AvgIpc) is 3.10. The Hall–Kier alpha value is -1.07. The average molecular weight is 697 g/mol. The van der Waals surface area contributed by atoms with E-state index in [9.17, 15) is 4.79 Å². The van der Waals surface area contributed by atoms with Crippen molar-refractivity contribution in [3.8, 4) is 0 Å². The minimum Gasteiger partial charge on any atom is -0.481 e. The lowest BCUT2D eigenvalue weighted by Crippen LogP contribution is -2.39. The number of unbranched alkanes of at least 4 members (excludes halogenated alkanes) is 24. The summed E-state index contributed by atoms with van der Waals surface area (Å²) in [4.78, 5) is 10.5. The molecular weight excluding hydrogens is 612 g/mol. The van der Waals surface area contributed by atoms with Gasteiger partial charge in [0.05, 0.1) is 13.0 Å². The Morgan fingerprint density at radius 2 is 0.714 bits per heavy atom. The van der Waals surface area contributed by atoms with Gasteiger partial charge in [-0.2, -0.15) is 0 Å². The summed E-state index contributed by atoms with van der Waals surface area (Å²) in [7, 11) is 0. The monoisotopic (exact) mass is 697 g/mol. The number of rotatable bonds is 44. The van der Waals surface area contributed by atoms with Crippen LogP contribution in [0.4, 0.5) is 0 Å². The fraction of sp³-hybridized carbons (Fsp3) is 0.925. The number of carboxylic acid groups (broad SMARTS) is 1. The molecule has 0 fully saturated rings. The fourth-order valence-corrected chi connectivity index (χ4v) is 6.11. The van der Waals surface area contributed by atoms with E-state index in [1.165, 1.54) is 161 Å². The van der Waals surface area contributed by atoms with E-state index in [0.717, 1.165) is 52.4 Å². The smallest absolute Gasteiger partial charge is 0.304 e. The highest BCUT2D eigenvalue weighted by Crippen LogP contribution is 2.15. The van der Waals surface area contributed by atoms with Crippen molar-refractivity contribution < 1.29 is 15.0 Å². The summed E-state index contributed by atoms with van der Waals surface area (Å²) >= 11 is 0. The molecule has 0 rings (SSSR count). The predicted octanol–water partition coefficient (Wildman–Crippen LogP) is 7.21. The molecule has 0 heterocycles. The molecule has 0 aromatic carbocycles. The highest BCUT2D eigenvalue weighted by molar-refractivity contribution is 5.66. The number of hydrogen-bond donors (Lipinski definition) is 8. The van der Waals surface area contributed by atoms with Crippen molar-refractivity contribution >= 4 is 5.97 Å². The molecule has 0 spiro atoms. The second kappa shape index (κ2) is 45.0. The van der Waals surface area contributed by atoms with Crippen molar-refractivity contribution in [3.05, 3.63) is 12.2 Å². The van der Waals surface area contributed by atoms with Crippen molar-refractivity contribution in [1.82, 2.24) is 32.1 Å². The first-order valence-corrected chi connectivity index (χ1v) is 21.0. The van der Waals surface area contributed by atoms with Crippen molar-refractivity contribution in [1.29, 1.82) is 0 Å². The van der Waals surface area contributed by atoms with E-state index in [4.69, 9.17) is 10.2 Å². The van der Waals surface area contributed by atoms with Crippen LogP contribution in [0.5, 0.6) is 0 Å². The molecule has 0 atom stereocenters. The third-order valence-corrected chi connectivity index (χ3v) is 9.19. The maximum absolute atomic E-state index is 10.5. The molecule has 0 saturated heterocycles. The number of hydrazine groups is 1. The lowest BCUT2D eigenvalue weighted by molar-refractivity contribution is -0.136. The molecule has 9 heteroatoms. The summed E-state index contributed by atoms with van der Waals surface area (Å²) in [6, 6.07) is 0. The van der Waals surface area contributed by atoms with Gasteiger partial charge < -0.3 is 31.5 Å². The Morgan fingerprint density at radius 3 is 1.14 bits per heavy atom. The van der Waals surface area contributed by atoms with E-state index in [2.05, 4.69) is 44.3 Å². The Morgan fingerprint density at radius 1 is 0.367 bits per heavy atom. The molecule has 0 aliphatic rings. The van der Waals surface area contributed by atoms with E-state index in [1.54, 1.807) is 0 Å². The van der Waals surface area contributed by atoms with Crippen LogP contribution >= 0.6 is 0 Å². The SMILES string of the molecule is O=C(O)CCNCCCCCCCCCCCCCCCCCCCCCCCCCCCNCC=CCNNCCNCCNCCO. The van der Waals surface area contributed by atoms with Crippen molar-refractivity contribution in [2.75, 3.05) is 72.1 Å². The predicted molar refractivity (Wildman–Crippen MR) is 211 cm³/mol. The van der Waals surface area contributed by atoms with Crippen LogP contribution in [0.15, 0.2) is 12.2 Å². The molecule has 0 aliphatic heterocycles. The Balaban J connectivity index is 3.08. The van der Waals surface area contributed by atoms with Crippen LogP contribution in [0.2, 0.25) is 0 Å². The van der Waals surface area contributed by atoms with E-state index in [-0.39, 0.29) is 13.0 Å². The lowest BCUT2D eigenvalue weighted by atomic mass is 10.0. The van der Waals surface area contributed by atoms with E-state index in [0.29, 0.717) is 13.1 Å². The summed E-state index contributed by atoms with van der Waals surface area (Å²) in [5.74, 6) is -0.715. The number of aliphatic hydroxyl groups is 1. The minimum absolute atomic E-state index is 0.198. The highest BCUT2D eigenvalue weighted by atomic mass is 16.4. The van der Waals surface area contributed by atoms with Gasteiger partial charge in [0.2, 0.25) is 0 Å². The van der Waals surface area contributed by atoms with Gasteiger partial charge in [-0.25, -0.2) is 0 Å². The second-order valence-electron chi connectivity index (χ2n) is 13.9. The lowest BCUT2D eigenvalue weighted by Gasteiger charge is -2.07. The van der Waals surface area contributed by atoms with Gasteiger partial charge in [-0.1, -0.05) is 160 Å². The molecule has 0 aromatic heterocycles. The van der Waals surface area contributed by atoms with Crippen LogP contribution in [-0.2, 0) is 4.79 Å². The molecule has 0 amide bonds. The molecule has 0 saturated carbocycles. The first-order valence-electron chi connectivity index (χ1n) is 21.0. The largest absolute Gasteiger partial charge is 0.481 e. The number of aliphatic carboxylic acids is 1. The first-order chi connectivity index (χ1) is 24.3. The topological polar surface area (TPSA) is 130 Å². The van der Waals surface area contributed by atoms with Gasteiger partial charge in [-0.05, 0) is 25.9 Å². The van der Waals surface area contributed by atoms with Crippen LogP contribution in [0.25, 0.3) is 0 Å². The standard InChI is InChI=1S/C40H84N6O3/c47-39-38-44-35-34-43-36-37-46-45-32-27-26-31-41-29-24-22-20-18-16-14-12-10-8-6-4-2-1-3-5-7-9-11-13-15-17-19-21-23-25-30-42-33-28-40(48)49/h26-27,41-47H,1-25,28-39H2,(H,48,49). The summed E-state index contributed by atoms with van der Waals surface area (Å²) in [5.41, 5.74) is 6.43. The normalized spacial score (nSPS) is 11.7. The van der Waals surface area contributed by atoms with Gasteiger partial charge in [0, 0.05) is 52.4 Å². The molecule has 0 unspecified atom stereocenters. The van der Waals surface area contributed by atoms with Crippen molar-refractivity contribution in [2.45, 2.75) is 167 Å². The summed E-state index contributed by atoms with van der Waals surface area (Å²) in [6.07, 6.45) is 39.5. The van der Waals surface area contributed by atoms with E-state index in [1.807, 2.05) is 0 Å². The quantitative estimate of drug-likeness (QED) is 0.0189. The third-order valence-electron chi connectivity index (χ3n) is 9.19. The van der Waals surface area contributed by atoms with Crippen LogP contribution in [-0.4, -0.2) is 88.2 Å². The van der Waals surface area contributed by atoms with Crippen LogP contribution in [0.3, 0.4) is 0 Å². The van der Waals surface area contributed by atoms with Gasteiger partial charge >= 0.3 is 5.97 Å².